The summed E-state index contributed by atoms with van der Waals surface area (Å²) in [6.45, 7) is 0. The maximum atomic E-state index is 6.24. The van der Waals surface area contributed by atoms with Crippen molar-refractivity contribution in [2.75, 3.05) is 0 Å². The molecule has 0 aliphatic carbocycles. The van der Waals surface area contributed by atoms with E-state index in [1.54, 1.807) is 0 Å². The van der Waals surface area contributed by atoms with Crippen molar-refractivity contribution in [3.05, 3.63) is 425 Å². The fraction of sp³-hybridized carbons (Fsp3) is 0. The predicted octanol–water partition coefficient (Wildman–Crippen LogP) is 28.5. The first-order valence-electron chi connectivity index (χ1n) is 41.4. The second-order valence-electron chi connectivity index (χ2n) is 30.9. The first-order chi connectivity index (χ1) is 61.5. The van der Waals surface area contributed by atoms with Crippen LogP contribution in [0.15, 0.2) is 433 Å². The summed E-state index contributed by atoms with van der Waals surface area (Å²) >= 11 is 0. The molecule has 0 saturated heterocycles. The van der Waals surface area contributed by atoms with Crippen molar-refractivity contribution < 1.29 is 8.83 Å². The van der Waals surface area contributed by atoms with E-state index in [2.05, 4.69) is 312 Å². The molecule has 8 aromatic heterocycles. The minimum atomic E-state index is 0.587. The summed E-state index contributed by atoms with van der Waals surface area (Å²) in [4.78, 5) is 30.5. The van der Waals surface area contributed by atoms with Gasteiger partial charge in [0, 0.05) is 99.1 Å². The summed E-state index contributed by atoms with van der Waals surface area (Å²) in [7, 11) is 0. The highest BCUT2D eigenvalue weighted by molar-refractivity contribution is 6.15. The second kappa shape index (κ2) is 30.8. The maximum absolute atomic E-state index is 6.24. The molecule has 0 aliphatic heterocycles. The van der Waals surface area contributed by atoms with E-state index < -0.39 is 0 Å². The zero-order chi connectivity index (χ0) is 82.0. The van der Waals surface area contributed by atoms with Crippen molar-refractivity contribution in [1.29, 1.82) is 0 Å². The van der Waals surface area contributed by atoms with E-state index >= 15 is 0 Å². The number of hydrogen-bond donors (Lipinski definition) is 0. The van der Waals surface area contributed by atoms with Crippen LogP contribution in [0.25, 0.3) is 234 Å². The minimum Gasteiger partial charge on any atom is -0.456 e. The number of pyridine rings is 2. The maximum Gasteiger partial charge on any atom is 0.164 e. The topological polar surface area (TPSA) is 138 Å². The van der Waals surface area contributed by atoms with E-state index in [0.29, 0.717) is 34.9 Å². The molecule has 0 spiro atoms. The zero-order valence-corrected chi connectivity index (χ0v) is 66.7. The molecule has 0 bridgehead atoms. The average molecular weight is 1590 g/mol. The molecule has 0 atom stereocenters. The lowest BCUT2D eigenvalue weighted by Gasteiger charge is -2.11. The molecule has 0 unspecified atom stereocenters. The van der Waals surface area contributed by atoms with Crippen LogP contribution in [-0.4, -0.2) is 49.1 Å². The highest BCUT2D eigenvalue weighted by atomic mass is 16.3. The van der Waals surface area contributed by atoms with E-state index in [4.69, 9.17) is 48.9 Å². The van der Waals surface area contributed by atoms with E-state index in [1.807, 2.05) is 121 Å². The third kappa shape index (κ3) is 13.1. The largest absolute Gasteiger partial charge is 0.456 e. The lowest BCUT2D eigenvalue weighted by molar-refractivity contribution is 0.668. The van der Waals surface area contributed by atoms with Gasteiger partial charge in [-0.2, -0.15) is 10.2 Å². The highest BCUT2D eigenvalue weighted by Crippen LogP contribution is 2.46. The SMILES string of the molecule is c1ccc(-c2nc(-c3ccc(-c4nn5c(-c6ccccc6)cc6ccccc6c5c4-c4ccccc4)cc3)nc(-c3ccc(-c4cccc5oc6ccccc6c45)cc3)n2)cc1.c1ccc(-c2nc(-c3ccc(-c4nn5c(-c6ccccc6)cc6ccccc6c5c4-c4ccccc4)cc3)nc(-c3cccc(-c4cccc5oc6ccccc6c45)c3)n2)cc1. The molecular formula is C112H70N10O2. The van der Waals surface area contributed by atoms with Gasteiger partial charge < -0.3 is 8.83 Å². The van der Waals surface area contributed by atoms with Crippen LogP contribution < -0.4 is 0 Å². The Morgan fingerprint density at radius 1 is 0.185 bits per heavy atom. The van der Waals surface area contributed by atoms with Crippen molar-refractivity contribution in [3.8, 4) is 158 Å². The minimum absolute atomic E-state index is 0.587. The van der Waals surface area contributed by atoms with Gasteiger partial charge in [-0.3, -0.25) is 0 Å². The van der Waals surface area contributed by atoms with Crippen molar-refractivity contribution >= 4 is 76.5 Å². The van der Waals surface area contributed by atoms with Crippen LogP contribution in [0.5, 0.6) is 0 Å². The van der Waals surface area contributed by atoms with Crippen LogP contribution >= 0.6 is 0 Å². The van der Waals surface area contributed by atoms with Crippen LogP contribution in [0.1, 0.15) is 0 Å². The molecule has 0 aliphatic rings. The quantitative estimate of drug-likeness (QED) is 0.103. The van der Waals surface area contributed by atoms with Gasteiger partial charge in [0.05, 0.1) is 22.4 Å². The van der Waals surface area contributed by atoms with Gasteiger partial charge in [0.1, 0.15) is 33.7 Å². The van der Waals surface area contributed by atoms with Gasteiger partial charge in [0.2, 0.25) is 0 Å². The number of rotatable bonds is 14. The summed E-state index contributed by atoms with van der Waals surface area (Å²) < 4.78 is 16.7. The van der Waals surface area contributed by atoms with E-state index in [9.17, 15) is 0 Å². The summed E-state index contributed by atoms with van der Waals surface area (Å²) in [6, 6.07) is 147. The standard InChI is InChI=1S/2C56H35N5O/c1-4-16-36(17-5-1)47-35-42-22-10-11-25-45(42)53-50(37-18-6-2-7-19-37)52(60-61(47)53)38-30-32-40(33-31-38)55-57-54(39-20-8-3-9-21-39)58-56(59-55)43-24-14-23-41(34-43)44-27-15-29-49-51(44)46-26-12-13-28-48(46)62-49;1-4-15-37(16-5-1)47-35-43-21-10-11-22-45(43)53-50(38-17-6-2-7-18-38)52(60-61(47)53)39-29-33-42(34-30-39)56-58-54(40-19-8-3-9-20-40)57-55(59-56)41-31-27-36(28-32-41)44-24-14-26-49-51(44)46-23-12-13-25-48(46)62-49/h2*1-35H. The number of fused-ring (bicyclic) bond motifs is 12. The molecule has 8 heterocycles. The third-order valence-corrected chi connectivity index (χ3v) is 23.4. The third-order valence-electron chi connectivity index (χ3n) is 23.4. The monoisotopic (exact) mass is 1590 g/mol. The van der Waals surface area contributed by atoms with Crippen LogP contribution in [0, 0.1) is 0 Å². The van der Waals surface area contributed by atoms with Gasteiger partial charge in [0.25, 0.3) is 0 Å². The van der Waals surface area contributed by atoms with Gasteiger partial charge in [-0.15, -0.1) is 0 Å². The molecule has 0 fully saturated rings. The number of para-hydroxylation sites is 2. The van der Waals surface area contributed by atoms with E-state index in [1.165, 1.54) is 0 Å². The lowest BCUT2D eigenvalue weighted by Crippen LogP contribution is -2.00. The summed E-state index contributed by atoms with van der Waals surface area (Å²) in [5.41, 5.74) is 27.8. The van der Waals surface area contributed by atoms with Gasteiger partial charge in [-0.25, -0.2) is 38.9 Å². The highest BCUT2D eigenvalue weighted by Gasteiger charge is 2.26. The van der Waals surface area contributed by atoms with E-state index in [0.717, 1.165) is 199 Å². The number of hydrogen-bond acceptors (Lipinski definition) is 10. The molecule has 12 nitrogen and oxygen atoms in total. The molecule has 0 radical (unpaired) electrons. The number of aromatic nitrogens is 10. The van der Waals surface area contributed by atoms with Crippen molar-refractivity contribution in [2.45, 2.75) is 0 Å². The van der Waals surface area contributed by atoms with Crippen molar-refractivity contribution in [2.24, 2.45) is 0 Å². The number of furan rings is 2. The molecule has 12 heteroatoms. The average Bonchev–Trinajstić information content (AvgIpc) is 1.57. The Hall–Kier alpha value is -17.0. The molecule has 24 rings (SSSR count). The molecule has 0 saturated carbocycles. The Morgan fingerprint density at radius 2 is 0.460 bits per heavy atom. The molecule has 580 valence electrons. The Labute approximate surface area is 712 Å². The Kier molecular flexibility index (Phi) is 17.9. The Morgan fingerprint density at radius 3 is 0.855 bits per heavy atom. The van der Waals surface area contributed by atoms with Gasteiger partial charge >= 0.3 is 0 Å². The van der Waals surface area contributed by atoms with Crippen molar-refractivity contribution in [1.82, 2.24) is 49.1 Å². The Balaban J connectivity index is 0.000000143. The Bertz CT molecular complexity index is 8180. The van der Waals surface area contributed by atoms with E-state index in [-0.39, 0.29) is 0 Å². The molecule has 124 heavy (non-hydrogen) atoms. The van der Waals surface area contributed by atoms with Gasteiger partial charge in [-0.1, -0.05) is 382 Å². The summed E-state index contributed by atoms with van der Waals surface area (Å²) in [5.74, 6) is 3.59. The molecule has 0 amide bonds. The fourth-order valence-corrected chi connectivity index (χ4v) is 17.5. The zero-order valence-electron chi connectivity index (χ0n) is 66.7. The normalized spacial score (nSPS) is 11.5. The predicted molar refractivity (Wildman–Crippen MR) is 503 cm³/mol. The van der Waals surface area contributed by atoms with Gasteiger partial charge in [0.15, 0.2) is 34.9 Å². The first kappa shape index (κ1) is 72.3. The van der Waals surface area contributed by atoms with Crippen LogP contribution in [0.2, 0.25) is 0 Å². The lowest BCUT2D eigenvalue weighted by atomic mass is 9.96. The second-order valence-corrected chi connectivity index (χ2v) is 30.9. The molecule has 0 N–H and O–H groups in total. The van der Waals surface area contributed by atoms with Crippen LogP contribution in [0.3, 0.4) is 0 Å². The molecule has 24 aromatic rings. The smallest absolute Gasteiger partial charge is 0.164 e. The number of benzene rings is 16. The summed E-state index contributed by atoms with van der Waals surface area (Å²) in [6.07, 6.45) is 0. The van der Waals surface area contributed by atoms with Crippen molar-refractivity contribution in [3.63, 3.8) is 0 Å². The van der Waals surface area contributed by atoms with Crippen LogP contribution in [-0.2, 0) is 0 Å². The summed E-state index contributed by atoms with van der Waals surface area (Å²) in [5, 5.41) is 19.9. The van der Waals surface area contributed by atoms with Gasteiger partial charge in [-0.05, 0) is 86.6 Å². The number of nitrogens with zero attached hydrogens (tertiary/aromatic N) is 10. The molecular weight excluding hydrogens is 1520 g/mol. The molecule has 16 aromatic carbocycles. The van der Waals surface area contributed by atoms with Crippen LogP contribution in [0.4, 0.5) is 0 Å². The first-order valence-corrected chi connectivity index (χ1v) is 41.4. The fourth-order valence-electron chi connectivity index (χ4n) is 17.5.